The molecule has 1 aromatic rings. The maximum absolute atomic E-state index is 3.55. The van der Waals surface area contributed by atoms with Gasteiger partial charge in [0.25, 0.3) is 0 Å². The Kier molecular flexibility index (Phi) is 5.26. The van der Waals surface area contributed by atoms with Gasteiger partial charge in [-0.25, -0.2) is 0 Å². The second-order valence-electron chi connectivity index (χ2n) is 6.16. The first-order valence-corrected chi connectivity index (χ1v) is 6.79. The summed E-state index contributed by atoms with van der Waals surface area (Å²) in [7, 11) is 0. The molecule has 1 rings (SSSR count). The first-order chi connectivity index (χ1) is 7.93. The summed E-state index contributed by atoms with van der Waals surface area (Å²) in [4.78, 5) is 0. The largest absolute Gasteiger partial charge is 0.354 e. The maximum Gasteiger partial charge on any atom is 0.0220 e. The zero-order chi connectivity index (χ0) is 12.9. The fraction of sp³-hybridized carbons (Fsp3) is 0.733. The van der Waals surface area contributed by atoms with Gasteiger partial charge in [0.1, 0.15) is 0 Å². The van der Waals surface area contributed by atoms with Gasteiger partial charge >= 0.3 is 0 Å². The van der Waals surface area contributed by atoms with Crippen molar-refractivity contribution in [3.05, 3.63) is 24.0 Å². The van der Waals surface area contributed by atoms with Crippen LogP contribution in [0.4, 0.5) is 0 Å². The minimum Gasteiger partial charge on any atom is -0.354 e. The van der Waals surface area contributed by atoms with Crippen molar-refractivity contribution in [2.45, 2.75) is 54.1 Å². The molecule has 1 heterocycles. The topological polar surface area (TPSA) is 17.0 Å². The molecular weight excluding hydrogens is 208 g/mol. The molecule has 2 nitrogen and oxygen atoms in total. The standard InChI is InChI=1S/C15H28N2/c1-6-8-17-9-7-14(12-17)11-16-10-13(2)15(3,4)5/h7,9,12-13,16H,6,8,10-11H2,1-5H3. The van der Waals surface area contributed by atoms with E-state index in [1.807, 2.05) is 0 Å². The molecule has 0 saturated carbocycles. The van der Waals surface area contributed by atoms with Gasteiger partial charge in [-0.05, 0) is 35.9 Å². The summed E-state index contributed by atoms with van der Waals surface area (Å²) < 4.78 is 2.27. The van der Waals surface area contributed by atoms with Crippen molar-refractivity contribution in [3.63, 3.8) is 0 Å². The number of hydrogen-bond donors (Lipinski definition) is 1. The van der Waals surface area contributed by atoms with Crippen LogP contribution < -0.4 is 5.32 Å². The number of nitrogens with zero attached hydrogens (tertiary/aromatic N) is 1. The van der Waals surface area contributed by atoms with Crippen LogP contribution in [-0.2, 0) is 13.1 Å². The molecule has 0 spiro atoms. The number of aromatic nitrogens is 1. The number of hydrogen-bond acceptors (Lipinski definition) is 1. The molecule has 0 fully saturated rings. The van der Waals surface area contributed by atoms with E-state index < -0.39 is 0 Å². The van der Waals surface area contributed by atoms with Gasteiger partial charge in [0.2, 0.25) is 0 Å². The normalized spacial score (nSPS) is 13.9. The monoisotopic (exact) mass is 236 g/mol. The molecule has 1 unspecified atom stereocenters. The summed E-state index contributed by atoms with van der Waals surface area (Å²) in [6.45, 7) is 14.6. The Hall–Kier alpha value is -0.760. The SMILES string of the molecule is CCCn1ccc(CNCC(C)C(C)(C)C)c1. The first kappa shape index (κ1) is 14.3. The lowest BCUT2D eigenvalue weighted by atomic mass is 9.82. The molecule has 1 aromatic heterocycles. The summed E-state index contributed by atoms with van der Waals surface area (Å²) in [5.74, 6) is 0.695. The minimum absolute atomic E-state index is 0.390. The summed E-state index contributed by atoms with van der Waals surface area (Å²) in [5.41, 5.74) is 1.78. The van der Waals surface area contributed by atoms with Crippen LogP contribution in [0.2, 0.25) is 0 Å². The highest BCUT2D eigenvalue weighted by atomic mass is 14.9. The van der Waals surface area contributed by atoms with E-state index in [4.69, 9.17) is 0 Å². The second-order valence-corrected chi connectivity index (χ2v) is 6.16. The fourth-order valence-electron chi connectivity index (χ4n) is 1.73. The third-order valence-electron chi connectivity index (χ3n) is 3.55. The third kappa shape index (κ3) is 4.95. The van der Waals surface area contributed by atoms with E-state index in [0.29, 0.717) is 11.3 Å². The molecule has 0 aliphatic carbocycles. The highest BCUT2D eigenvalue weighted by molar-refractivity contribution is 5.09. The van der Waals surface area contributed by atoms with Crippen molar-refractivity contribution in [1.82, 2.24) is 9.88 Å². The summed E-state index contributed by atoms with van der Waals surface area (Å²) in [6.07, 6.45) is 5.62. The van der Waals surface area contributed by atoms with E-state index >= 15 is 0 Å². The number of aryl methyl sites for hydroxylation is 1. The van der Waals surface area contributed by atoms with Crippen LogP contribution in [0, 0.1) is 11.3 Å². The van der Waals surface area contributed by atoms with Crippen molar-refractivity contribution >= 4 is 0 Å². The third-order valence-corrected chi connectivity index (χ3v) is 3.55. The average Bonchev–Trinajstić information content (AvgIpc) is 2.65. The molecule has 0 bridgehead atoms. The molecule has 0 saturated heterocycles. The van der Waals surface area contributed by atoms with Crippen molar-refractivity contribution in [3.8, 4) is 0 Å². The Bertz CT molecular complexity index is 320. The molecule has 98 valence electrons. The molecule has 0 amide bonds. The highest BCUT2D eigenvalue weighted by Crippen LogP contribution is 2.24. The van der Waals surface area contributed by atoms with Crippen molar-refractivity contribution < 1.29 is 0 Å². The zero-order valence-corrected chi connectivity index (χ0v) is 12.1. The second kappa shape index (κ2) is 6.25. The predicted octanol–water partition coefficient (Wildman–Crippen LogP) is 3.67. The van der Waals surface area contributed by atoms with Gasteiger partial charge in [0, 0.05) is 25.5 Å². The lowest BCUT2D eigenvalue weighted by molar-refractivity contribution is 0.252. The Balaban J connectivity index is 2.30. The maximum atomic E-state index is 3.55. The molecule has 0 aromatic carbocycles. The van der Waals surface area contributed by atoms with Gasteiger partial charge in [-0.1, -0.05) is 34.6 Å². The Morgan fingerprint density at radius 2 is 2.06 bits per heavy atom. The summed E-state index contributed by atoms with van der Waals surface area (Å²) in [6, 6.07) is 2.21. The van der Waals surface area contributed by atoms with Crippen LogP contribution in [-0.4, -0.2) is 11.1 Å². The van der Waals surface area contributed by atoms with Gasteiger partial charge < -0.3 is 9.88 Å². The first-order valence-electron chi connectivity index (χ1n) is 6.79. The van der Waals surface area contributed by atoms with E-state index in [-0.39, 0.29) is 0 Å². The number of nitrogens with one attached hydrogen (secondary N) is 1. The Morgan fingerprint density at radius 1 is 1.35 bits per heavy atom. The summed E-state index contributed by atoms with van der Waals surface area (Å²) in [5, 5.41) is 3.55. The minimum atomic E-state index is 0.390. The molecule has 0 radical (unpaired) electrons. The molecule has 1 atom stereocenters. The lowest BCUT2D eigenvalue weighted by Gasteiger charge is -2.27. The van der Waals surface area contributed by atoms with Crippen LogP contribution in [0.15, 0.2) is 18.5 Å². The summed E-state index contributed by atoms with van der Waals surface area (Å²) >= 11 is 0. The van der Waals surface area contributed by atoms with Crippen molar-refractivity contribution in [2.24, 2.45) is 11.3 Å². The van der Waals surface area contributed by atoms with Crippen LogP contribution in [0.25, 0.3) is 0 Å². The van der Waals surface area contributed by atoms with Crippen LogP contribution in [0.5, 0.6) is 0 Å². The van der Waals surface area contributed by atoms with E-state index in [1.54, 1.807) is 0 Å². The van der Waals surface area contributed by atoms with E-state index in [1.165, 1.54) is 12.0 Å². The Morgan fingerprint density at radius 3 is 2.65 bits per heavy atom. The van der Waals surface area contributed by atoms with E-state index in [2.05, 4.69) is 63.0 Å². The molecular formula is C15H28N2. The van der Waals surface area contributed by atoms with Crippen LogP contribution in [0.1, 0.15) is 46.6 Å². The Labute approximate surface area is 106 Å². The molecule has 0 aliphatic rings. The van der Waals surface area contributed by atoms with Crippen molar-refractivity contribution in [1.29, 1.82) is 0 Å². The van der Waals surface area contributed by atoms with Crippen molar-refractivity contribution in [2.75, 3.05) is 6.54 Å². The van der Waals surface area contributed by atoms with Gasteiger partial charge in [0.15, 0.2) is 0 Å². The number of rotatable bonds is 6. The average molecular weight is 236 g/mol. The van der Waals surface area contributed by atoms with E-state index in [9.17, 15) is 0 Å². The fourth-order valence-corrected chi connectivity index (χ4v) is 1.73. The highest BCUT2D eigenvalue weighted by Gasteiger charge is 2.19. The van der Waals surface area contributed by atoms with Gasteiger partial charge in [-0.15, -0.1) is 0 Å². The zero-order valence-electron chi connectivity index (χ0n) is 12.1. The van der Waals surface area contributed by atoms with E-state index in [0.717, 1.165) is 19.6 Å². The predicted molar refractivity (Wildman–Crippen MR) is 75.0 cm³/mol. The van der Waals surface area contributed by atoms with Gasteiger partial charge in [-0.2, -0.15) is 0 Å². The van der Waals surface area contributed by atoms with Crippen LogP contribution in [0.3, 0.4) is 0 Å². The quantitative estimate of drug-likeness (QED) is 0.797. The van der Waals surface area contributed by atoms with Crippen LogP contribution >= 0.6 is 0 Å². The van der Waals surface area contributed by atoms with Gasteiger partial charge in [-0.3, -0.25) is 0 Å². The molecule has 2 heteroatoms. The molecule has 1 N–H and O–H groups in total. The lowest BCUT2D eigenvalue weighted by Crippen LogP contribution is -2.29. The smallest absolute Gasteiger partial charge is 0.0220 e. The molecule has 0 aliphatic heterocycles. The van der Waals surface area contributed by atoms with Gasteiger partial charge in [0.05, 0.1) is 0 Å². The molecule has 17 heavy (non-hydrogen) atoms.